The van der Waals surface area contributed by atoms with Gasteiger partial charge in [-0.2, -0.15) is 4.73 Å². The van der Waals surface area contributed by atoms with E-state index in [1.165, 1.54) is 23.6 Å². The highest BCUT2D eigenvalue weighted by molar-refractivity contribution is 5.68. The summed E-state index contributed by atoms with van der Waals surface area (Å²) in [6, 6.07) is 0. The molecule has 0 saturated heterocycles. The molecule has 3 heterocycles. The van der Waals surface area contributed by atoms with Gasteiger partial charge in [0.2, 0.25) is 5.89 Å². The van der Waals surface area contributed by atoms with Gasteiger partial charge < -0.3 is 9.25 Å². The molecule has 0 spiro atoms. The molecule has 3 rings (SSSR count). The Morgan fingerprint density at radius 1 is 1.31 bits per heavy atom. The number of hydrogen-bond donors (Lipinski definition) is 0. The Balaban J connectivity index is 1.84. The molecule has 0 fully saturated rings. The zero-order valence-corrected chi connectivity index (χ0v) is 8.15. The average Bonchev–Trinajstić information content (AvgIpc) is 2.96. The van der Waals surface area contributed by atoms with Crippen molar-refractivity contribution in [3.05, 3.63) is 37.2 Å². The van der Waals surface area contributed by atoms with Crippen LogP contribution in [0.5, 0.6) is 0 Å². The number of imidazole rings is 1. The van der Waals surface area contributed by atoms with Crippen LogP contribution in [0, 0.1) is 0 Å². The van der Waals surface area contributed by atoms with Crippen LogP contribution >= 0.6 is 0 Å². The number of oxazole rings is 1. The van der Waals surface area contributed by atoms with E-state index in [-0.39, 0.29) is 6.61 Å². The van der Waals surface area contributed by atoms with E-state index in [2.05, 4.69) is 19.9 Å². The minimum absolute atomic E-state index is 0.225. The molecular formula is C9H7N5O2. The van der Waals surface area contributed by atoms with Crippen molar-refractivity contribution in [3.63, 3.8) is 0 Å². The van der Waals surface area contributed by atoms with E-state index in [9.17, 15) is 0 Å². The molecule has 7 heteroatoms. The van der Waals surface area contributed by atoms with Crippen LogP contribution in [-0.2, 0) is 6.61 Å². The van der Waals surface area contributed by atoms with Crippen molar-refractivity contribution >= 4 is 11.2 Å². The third-order valence-electron chi connectivity index (χ3n) is 1.99. The third-order valence-corrected chi connectivity index (χ3v) is 1.99. The van der Waals surface area contributed by atoms with Gasteiger partial charge in [-0.3, -0.25) is 0 Å². The largest absolute Gasteiger partial charge is 0.445 e. The lowest BCUT2D eigenvalue weighted by molar-refractivity contribution is 0.0886. The minimum atomic E-state index is 0.225. The topological polar surface area (TPSA) is 78.9 Å². The molecule has 0 aromatic carbocycles. The molecule has 0 atom stereocenters. The van der Waals surface area contributed by atoms with Gasteiger partial charge in [0.05, 0.1) is 12.4 Å². The molecular weight excluding hydrogens is 210 g/mol. The van der Waals surface area contributed by atoms with Gasteiger partial charge in [-0.1, -0.05) is 0 Å². The summed E-state index contributed by atoms with van der Waals surface area (Å²) in [5, 5.41) is 0. The van der Waals surface area contributed by atoms with Crippen LogP contribution in [0.25, 0.3) is 11.2 Å². The number of hydrogen-bond acceptors (Lipinski definition) is 6. The number of aromatic nitrogens is 5. The van der Waals surface area contributed by atoms with E-state index in [4.69, 9.17) is 9.25 Å². The molecule has 0 aliphatic rings. The molecule has 7 nitrogen and oxygen atoms in total. The highest BCUT2D eigenvalue weighted by atomic mass is 16.7. The standard InChI is InChI=1S/C9H7N5O2/c1-2-15-8(11-1)4-16-14-6-13-7-3-10-5-12-9(7)14/h1-3,5-6H,4H2. The number of nitrogens with zero attached hydrogens (tertiary/aromatic N) is 5. The Hall–Kier alpha value is -2.44. The first kappa shape index (κ1) is 8.84. The van der Waals surface area contributed by atoms with Gasteiger partial charge in [-0.25, -0.2) is 19.9 Å². The molecule has 0 unspecified atom stereocenters. The molecule has 0 radical (unpaired) electrons. The first-order valence-corrected chi connectivity index (χ1v) is 4.58. The normalized spacial score (nSPS) is 10.8. The van der Waals surface area contributed by atoms with Gasteiger partial charge >= 0.3 is 0 Å². The van der Waals surface area contributed by atoms with E-state index in [1.54, 1.807) is 12.4 Å². The van der Waals surface area contributed by atoms with Crippen LogP contribution in [0.3, 0.4) is 0 Å². The van der Waals surface area contributed by atoms with Crippen LogP contribution < -0.4 is 4.84 Å². The predicted octanol–water partition coefficient (Wildman–Crippen LogP) is 0.443. The smallest absolute Gasteiger partial charge is 0.234 e. The fourth-order valence-corrected chi connectivity index (χ4v) is 1.29. The molecule has 0 bridgehead atoms. The Morgan fingerprint density at radius 3 is 3.19 bits per heavy atom. The van der Waals surface area contributed by atoms with E-state index in [0.717, 1.165) is 0 Å². The molecule has 0 N–H and O–H groups in total. The Morgan fingerprint density at radius 2 is 2.31 bits per heavy atom. The minimum Gasteiger partial charge on any atom is -0.445 e. The summed E-state index contributed by atoms with van der Waals surface area (Å²) >= 11 is 0. The van der Waals surface area contributed by atoms with Crippen molar-refractivity contribution in [2.24, 2.45) is 0 Å². The van der Waals surface area contributed by atoms with Crippen molar-refractivity contribution in [2.75, 3.05) is 0 Å². The van der Waals surface area contributed by atoms with E-state index in [1.807, 2.05) is 0 Å². The first-order valence-electron chi connectivity index (χ1n) is 4.58. The van der Waals surface area contributed by atoms with Crippen molar-refractivity contribution in [3.8, 4) is 0 Å². The summed E-state index contributed by atoms with van der Waals surface area (Å²) in [6.07, 6.45) is 7.64. The highest BCUT2D eigenvalue weighted by Crippen LogP contribution is 2.06. The summed E-state index contributed by atoms with van der Waals surface area (Å²) in [5.74, 6) is 0.496. The first-order chi connectivity index (χ1) is 7.93. The van der Waals surface area contributed by atoms with Gasteiger partial charge in [0, 0.05) is 0 Å². The van der Waals surface area contributed by atoms with Crippen LogP contribution in [0.1, 0.15) is 5.89 Å². The van der Waals surface area contributed by atoms with E-state index >= 15 is 0 Å². The van der Waals surface area contributed by atoms with E-state index in [0.29, 0.717) is 17.1 Å². The summed E-state index contributed by atoms with van der Waals surface area (Å²) in [6.45, 7) is 0.225. The fraction of sp³-hybridized carbons (Fsp3) is 0.111. The maximum Gasteiger partial charge on any atom is 0.234 e. The van der Waals surface area contributed by atoms with Gasteiger partial charge in [-0.15, -0.1) is 0 Å². The summed E-state index contributed by atoms with van der Waals surface area (Å²) < 4.78 is 6.50. The van der Waals surface area contributed by atoms with Crippen molar-refractivity contribution in [1.29, 1.82) is 0 Å². The molecule has 3 aromatic rings. The molecule has 16 heavy (non-hydrogen) atoms. The maximum atomic E-state index is 5.41. The monoisotopic (exact) mass is 217 g/mol. The lowest BCUT2D eigenvalue weighted by Gasteiger charge is -2.02. The Bertz CT molecular complexity index is 589. The second-order valence-corrected chi connectivity index (χ2v) is 3.00. The third kappa shape index (κ3) is 1.48. The average molecular weight is 217 g/mol. The molecule has 0 saturated carbocycles. The lowest BCUT2D eigenvalue weighted by Crippen LogP contribution is -2.10. The van der Waals surface area contributed by atoms with Crippen LogP contribution in [-0.4, -0.2) is 24.7 Å². The molecule has 3 aromatic heterocycles. The van der Waals surface area contributed by atoms with Crippen molar-refractivity contribution in [2.45, 2.75) is 6.61 Å². The van der Waals surface area contributed by atoms with Gasteiger partial charge in [-0.05, 0) is 0 Å². The quantitative estimate of drug-likeness (QED) is 0.633. The zero-order valence-electron chi connectivity index (χ0n) is 8.15. The van der Waals surface area contributed by atoms with Crippen molar-refractivity contribution in [1.82, 2.24) is 24.7 Å². The van der Waals surface area contributed by atoms with Crippen molar-refractivity contribution < 1.29 is 9.25 Å². The number of fused-ring (bicyclic) bond motifs is 1. The van der Waals surface area contributed by atoms with Gasteiger partial charge in [0.25, 0.3) is 0 Å². The highest BCUT2D eigenvalue weighted by Gasteiger charge is 2.05. The van der Waals surface area contributed by atoms with Crippen LogP contribution in [0.2, 0.25) is 0 Å². The van der Waals surface area contributed by atoms with Gasteiger partial charge in [0.1, 0.15) is 24.4 Å². The lowest BCUT2D eigenvalue weighted by atomic mass is 10.6. The fourth-order valence-electron chi connectivity index (χ4n) is 1.29. The second-order valence-electron chi connectivity index (χ2n) is 3.00. The van der Waals surface area contributed by atoms with Crippen LogP contribution in [0.15, 0.2) is 35.7 Å². The molecule has 0 amide bonds. The maximum absolute atomic E-state index is 5.41. The summed E-state index contributed by atoms with van der Waals surface area (Å²) in [7, 11) is 0. The van der Waals surface area contributed by atoms with Crippen LogP contribution in [0.4, 0.5) is 0 Å². The second kappa shape index (κ2) is 3.61. The summed E-state index contributed by atoms with van der Waals surface area (Å²) in [4.78, 5) is 21.3. The predicted molar refractivity (Wildman–Crippen MR) is 52.1 cm³/mol. The van der Waals surface area contributed by atoms with Gasteiger partial charge in [0.15, 0.2) is 12.3 Å². The molecule has 0 aliphatic carbocycles. The number of rotatable bonds is 3. The Labute approximate surface area is 89.7 Å². The molecule has 0 aliphatic heterocycles. The van der Waals surface area contributed by atoms with E-state index < -0.39 is 0 Å². The molecule has 80 valence electrons. The zero-order chi connectivity index (χ0) is 10.8. The Kier molecular flexibility index (Phi) is 1.99. The SMILES string of the molecule is c1coc(COn2cnc3cncnc32)n1. The summed E-state index contributed by atoms with van der Waals surface area (Å²) in [5.41, 5.74) is 1.29.